The first-order valence-corrected chi connectivity index (χ1v) is 3.19. The number of anilines is 1. The lowest BCUT2D eigenvalue weighted by atomic mass is 10.2. The monoisotopic (exact) mass is 137 g/mol. The summed E-state index contributed by atoms with van der Waals surface area (Å²) in [6.07, 6.45) is 0. The fourth-order valence-electron chi connectivity index (χ4n) is 0.761. The van der Waals surface area contributed by atoms with Crippen LogP contribution in [-0.2, 0) is 0 Å². The van der Waals surface area contributed by atoms with E-state index in [4.69, 9.17) is 5.21 Å². The number of hydrogen-bond donors (Lipinski definition) is 1. The molecule has 0 fully saturated rings. The molecule has 0 amide bonds. The second-order valence-corrected chi connectivity index (χ2v) is 2.36. The largest absolute Gasteiger partial charge is 0.289 e. The molecule has 0 spiro atoms. The maximum atomic E-state index is 8.95. The summed E-state index contributed by atoms with van der Waals surface area (Å²) in [6.45, 7) is 2.02. The van der Waals surface area contributed by atoms with Gasteiger partial charge in [0.2, 0.25) is 0 Å². The van der Waals surface area contributed by atoms with Crippen LogP contribution in [-0.4, -0.2) is 12.3 Å². The van der Waals surface area contributed by atoms with Crippen LogP contribution in [0.3, 0.4) is 0 Å². The Bertz CT molecular complexity index is 203. The van der Waals surface area contributed by atoms with Gasteiger partial charge in [0.05, 0.1) is 5.69 Å². The summed E-state index contributed by atoms with van der Waals surface area (Å²) >= 11 is 0. The number of nitrogens with zero attached hydrogens (tertiary/aromatic N) is 1. The molecule has 2 nitrogen and oxygen atoms in total. The molecule has 1 N–H and O–H groups in total. The first-order valence-electron chi connectivity index (χ1n) is 3.19. The molecule has 0 atom stereocenters. The van der Waals surface area contributed by atoms with Crippen LogP contribution in [0.1, 0.15) is 5.56 Å². The zero-order valence-electron chi connectivity index (χ0n) is 6.20. The molecule has 0 aliphatic heterocycles. The van der Waals surface area contributed by atoms with Gasteiger partial charge in [-0.2, -0.15) is 0 Å². The Kier molecular flexibility index (Phi) is 1.92. The van der Waals surface area contributed by atoms with Crippen molar-refractivity contribution in [1.82, 2.24) is 0 Å². The Morgan fingerprint density at radius 1 is 1.20 bits per heavy atom. The fraction of sp³-hybridized carbons (Fsp3) is 0.250. The van der Waals surface area contributed by atoms with Gasteiger partial charge in [0.15, 0.2) is 0 Å². The van der Waals surface area contributed by atoms with Gasteiger partial charge in [0, 0.05) is 7.05 Å². The minimum atomic E-state index is 0.811. The maximum Gasteiger partial charge on any atom is 0.0630 e. The van der Waals surface area contributed by atoms with Crippen molar-refractivity contribution in [3.05, 3.63) is 29.8 Å². The van der Waals surface area contributed by atoms with Crippen LogP contribution in [0.15, 0.2) is 24.3 Å². The van der Waals surface area contributed by atoms with Gasteiger partial charge in [0.1, 0.15) is 0 Å². The van der Waals surface area contributed by atoms with E-state index in [-0.39, 0.29) is 0 Å². The second-order valence-electron chi connectivity index (χ2n) is 2.36. The predicted octanol–water partition coefficient (Wildman–Crippen LogP) is 1.82. The molecule has 0 saturated heterocycles. The van der Waals surface area contributed by atoms with Crippen LogP contribution in [0, 0.1) is 6.92 Å². The van der Waals surface area contributed by atoms with Crippen LogP contribution in [0.25, 0.3) is 0 Å². The highest BCUT2D eigenvalue weighted by atomic mass is 16.5. The van der Waals surface area contributed by atoms with E-state index < -0.39 is 0 Å². The SMILES string of the molecule is Cc1ccc(N(C)O)cc1. The molecule has 2 heteroatoms. The molecule has 0 bridgehead atoms. The highest BCUT2D eigenvalue weighted by Crippen LogP contribution is 2.10. The van der Waals surface area contributed by atoms with Crippen molar-refractivity contribution < 1.29 is 5.21 Å². The van der Waals surface area contributed by atoms with Gasteiger partial charge < -0.3 is 0 Å². The molecular formula is C8H11NO. The molecule has 1 aromatic carbocycles. The van der Waals surface area contributed by atoms with E-state index in [0.717, 1.165) is 10.8 Å². The maximum absolute atomic E-state index is 8.95. The third kappa shape index (κ3) is 1.48. The van der Waals surface area contributed by atoms with Gasteiger partial charge in [-0.3, -0.25) is 10.3 Å². The van der Waals surface area contributed by atoms with E-state index in [1.165, 1.54) is 5.56 Å². The number of benzene rings is 1. The van der Waals surface area contributed by atoms with E-state index >= 15 is 0 Å². The van der Waals surface area contributed by atoms with Crippen LogP contribution < -0.4 is 5.06 Å². The Balaban J connectivity index is 2.89. The van der Waals surface area contributed by atoms with E-state index in [9.17, 15) is 0 Å². The van der Waals surface area contributed by atoms with Crippen molar-refractivity contribution in [3.63, 3.8) is 0 Å². The first kappa shape index (κ1) is 7.09. The van der Waals surface area contributed by atoms with Gasteiger partial charge in [-0.1, -0.05) is 17.7 Å². The molecular weight excluding hydrogens is 126 g/mol. The van der Waals surface area contributed by atoms with Crippen molar-refractivity contribution in [3.8, 4) is 0 Å². The lowest BCUT2D eigenvalue weighted by molar-refractivity contribution is 0.279. The zero-order chi connectivity index (χ0) is 7.56. The van der Waals surface area contributed by atoms with Crippen LogP contribution in [0.4, 0.5) is 5.69 Å². The van der Waals surface area contributed by atoms with Crippen molar-refractivity contribution in [2.45, 2.75) is 6.92 Å². The second kappa shape index (κ2) is 2.71. The molecule has 0 aliphatic carbocycles. The average Bonchev–Trinajstić information content (AvgIpc) is 1.88. The van der Waals surface area contributed by atoms with Gasteiger partial charge in [-0.05, 0) is 19.1 Å². The van der Waals surface area contributed by atoms with E-state index in [0.29, 0.717) is 0 Å². The molecule has 0 saturated carbocycles. The fourth-order valence-corrected chi connectivity index (χ4v) is 0.761. The Hall–Kier alpha value is -1.02. The van der Waals surface area contributed by atoms with Gasteiger partial charge in [-0.25, -0.2) is 0 Å². The molecule has 0 heterocycles. The van der Waals surface area contributed by atoms with Crippen LogP contribution in [0.5, 0.6) is 0 Å². The molecule has 1 aromatic rings. The number of aryl methyl sites for hydroxylation is 1. The van der Waals surface area contributed by atoms with Crippen molar-refractivity contribution in [2.24, 2.45) is 0 Å². The number of rotatable bonds is 1. The van der Waals surface area contributed by atoms with Crippen LogP contribution in [0.2, 0.25) is 0 Å². The van der Waals surface area contributed by atoms with Crippen molar-refractivity contribution in [1.29, 1.82) is 0 Å². The lowest BCUT2D eigenvalue weighted by Crippen LogP contribution is -2.09. The van der Waals surface area contributed by atoms with Crippen LogP contribution >= 0.6 is 0 Å². The molecule has 0 aliphatic rings. The summed E-state index contributed by atoms with van der Waals surface area (Å²) < 4.78 is 0. The molecule has 0 radical (unpaired) electrons. The Morgan fingerprint density at radius 2 is 1.70 bits per heavy atom. The predicted molar refractivity (Wildman–Crippen MR) is 41.4 cm³/mol. The zero-order valence-corrected chi connectivity index (χ0v) is 6.20. The van der Waals surface area contributed by atoms with E-state index in [1.807, 2.05) is 31.2 Å². The molecule has 0 unspecified atom stereocenters. The van der Waals surface area contributed by atoms with Crippen molar-refractivity contribution in [2.75, 3.05) is 12.1 Å². The third-order valence-electron chi connectivity index (χ3n) is 1.41. The smallest absolute Gasteiger partial charge is 0.0630 e. The summed E-state index contributed by atoms with van der Waals surface area (Å²) in [6, 6.07) is 7.66. The summed E-state index contributed by atoms with van der Waals surface area (Å²) in [5, 5.41) is 10.0. The highest BCUT2D eigenvalue weighted by molar-refractivity contribution is 5.43. The summed E-state index contributed by atoms with van der Waals surface area (Å²) in [5.41, 5.74) is 2.01. The quantitative estimate of drug-likeness (QED) is 0.597. The number of hydroxylamine groups is 1. The molecule has 54 valence electrons. The molecule has 0 aromatic heterocycles. The topological polar surface area (TPSA) is 23.5 Å². The van der Waals surface area contributed by atoms with Gasteiger partial charge in [0.25, 0.3) is 0 Å². The van der Waals surface area contributed by atoms with Crippen molar-refractivity contribution >= 4 is 5.69 Å². The van der Waals surface area contributed by atoms with E-state index in [2.05, 4.69) is 0 Å². The van der Waals surface area contributed by atoms with E-state index in [1.54, 1.807) is 7.05 Å². The minimum absolute atomic E-state index is 0.811. The summed E-state index contributed by atoms with van der Waals surface area (Å²) in [7, 11) is 1.60. The number of hydrogen-bond acceptors (Lipinski definition) is 2. The standard InChI is InChI=1S/C8H11NO/c1-7-3-5-8(6-4-7)9(2)10/h3-6,10H,1-2H3. The average molecular weight is 137 g/mol. The Morgan fingerprint density at radius 3 is 2.10 bits per heavy atom. The molecule has 1 rings (SSSR count). The molecule has 10 heavy (non-hydrogen) atoms. The Labute approximate surface area is 60.7 Å². The normalized spacial score (nSPS) is 9.50. The van der Waals surface area contributed by atoms with Gasteiger partial charge >= 0.3 is 0 Å². The minimum Gasteiger partial charge on any atom is -0.289 e. The third-order valence-corrected chi connectivity index (χ3v) is 1.41. The summed E-state index contributed by atoms with van der Waals surface area (Å²) in [5.74, 6) is 0. The summed E-state index contributed by atoms with van der Waals surface area (Å²) in [4.78, 5) is 0. The highest BCUT2D eigenvalue weighted by Gasteiger charge is 1.92. The lowest BCUT2D eigenvalue weighted by Gasteiger charge is -2.09. The van der Waals surface area contributed by atoms with Gasteiger partial charge in [-0.15, -0.1) is 0 Å². The first-order chi connectivity index (χ1) is 4.70.